The lowest BCUT2D eigenvalue weighted by molar-refractivity contribution is 0.542. The van der Waals surface area contributed by atoms with Crippen molar-refractivity contribution in [3.05, 3.63) is 40.7 Å². The maximum absolute atomic E-state index is 6.07. The molecule has 0 N–H and O–H groups in total. The van der Waals surface area contributed by atoms with E-state index in [2.05, 4.69) is 4.98 Å². The van der Waals surface area contributed by atoms with Crippen molar-refractivity contribution in [1.29, 1.82) is 0 Å². The molecular weight excluding hydrogens is 198 g/mol. The van der Waals surface area contributed by atoms with E-state index in [4.69, 9.17) is 16.0 Å². The molecular formula is C11H10ClNO. The zero-order chi connectivity index (χ0) is 10.1. The summed E-state index contributed by atoms with van der Waals surface area (Å²) in [5.41, 5.74) is 1.97. The van der Waals surface area contributed by atoms with Crippen LogP contribution in [0.4, 0.5) is 0 Å². The number of hydrogen-bond donors (Lipinski definition) is 0. The van der Waals surface area contributed by atoms with E-state index < -0.39 is 0 Å². The van der Waals surface area contributed by atoms with Crippen molar-refractivity contribution in [2.45, 2.75) is 13.8 Å². The lowest BCUT2D eigenvalue weighted by atomic mass is 10.1. The summed E-state index contributed by atoms with van der Waals surface area (Å²) in [5.74, 6) is 1.36. The Hall–Kier alpha value is -1.28. The minimum Gasteiger partial charge on any atom is -0.441 e. The summed E-state index contributed by atoms with van der Waals surface area (Å²) in [6.07, 6.45) is 1.69. The van der Waals surface area contributed by atoms with Crippen LogP contribution in [0.3, 0.4) is 0 Å². The van der Waals surface area contributed by atoms with Gasteiger partial charge in [0.2, 0.25) is 5.89 Å². The van der Waals surface area contributed by atoms with Gasteiger partial charge >= 0.3 is 0 Å². The monoisotopic (exact) mass is 207 g/mol. The fourth-order valence-corrected chi connectivity index (χ4v) is 1.59. The normalized spacial score (nSPS) is 10.5. The first-order valence-electron chi connectivity index (χ1n) is 4.36. The van der Waals surface area contributed by atoms with Crippen molar-refractivity contribution in [2.75, 3.05) is 0 Å². The number of oxazole rings is 1. The molecule has 1 heterocycles. The van der Waals surface area contributed by atoms with Gasteiger partial charge < -0.3 is 4.42 Å². The zero-order valence-electron chi connectivity index (χ0n) is 8.04. The van der Waals surface area contributed by atoms with Crippen LogP contribution in [-0.4, -0.2) is 4.98 Å². The second-order valence-corrected chi connectivity index (χ2v) is 3.67. The summed E-state index contributed by atoms with van der Waals surface area (Å²) < 4.78 is 5.39. The Kier molecular flexibility index (Phi) is 2.30. The Labute approximate surface area is 87.5 Å². The molecule has 0 atom stereocenters. The molecule has 0 aliphatic rings. The molecule has 14 heavy (non-hydrogen) atoms. The highest BCUT2D eigenvalue weighted by Gasteiger charge is 2.08. The molecule has 1 aromatic carbocycles. The van der Waals surface area contributed by atoms with Gasteiger partial charge in [-0.2, -0.15) is 0 Å². The fraction of sp³-hybridized carbons (Fsp3) is 0.182. The number of benzene rings is 1. The van der Waals surface area contributed by atoms with E-state index in [-0.39, 0.29) is 0 Å². The first kappa shape index (κ1) is 9.28. The van der Waals surface area contributed by atoms with Crippen LogP contribution in [0, 0.1) is 13.8 Å². The van der Waals surface area contributed by atoms with E-state index in [0.29, 0.717) is 10.9 Å². The molecule has 0 aliphatic heterocycles. The topological polar surface area (TPSA) is 26.0 Å². The highest BCUT2D eigenvalue weighted by molar-refractivity contribution is 6.33. The minimum atomic E-state index is 0.576. The van der Waals surface area contributed by atoms with Gasteiger partial charge in [-0.25, -0.2) is 4.98 Å². The third-order valence-electron chi connectivity index (χ3n) is 1.98. The Morgan fingerprint density at radius 3 is 2.64 bits per heavy atom. The molecule has 2 rings (SSSR count). The molecule has 0 bridgehead atoms. The summed E-state index contributed by atoms with van der Waals surface area (Å²) >= 11 is 6.07. The number of nitrogens with zero attached hydrogens (tertiary/aromatic N) is 1. The van der Waals surface area contributed by atoms with Crippen LogP contribution >= 0.6 is 11.6 Å². The number of hydrogen-bond acceptors (Lipinski definition) is 2. The third-order valence-corrected chi connectivity index (χ3v) is 2.29. The average Bonchev–Trinajstić information content (AvgIpc) is 2.51. The second kappa shape index (κ2) is 3.46. The van der Waals surface area contributed by atoms with E-state index in [1.54, 1.807) is 6.20 Å². The van der Waals surface area contributed by atoms with E-state index in [1.807, 2.05) is 32.0 Å². The molecule has 0 saturated carbocycles. The molecule has 1 aromatic heterocycles. The van der Waals surface area contributed by atoms with Crippen molar-refractivity contribution in [3.8, 4) is 11.5 Å². The van der Waals surface area contributed by atoms with Crippen LogP contribution in [-0.2, 0) is 0 Å². The first-order chi connectivity index (χ1) is 6.66. The molecule has 2 nitrogen and oxygen atoms in total. The number of rotatable bonds is 1. The highest BCUT2D eigenvalue weighted by atomic mass is 35.5. The Morgan fingerprint density at radius 1 is 1.29 bits per heavy atom. The minimum absolute atomic E-state index is 0.576. The van der Waals surface area contributed by atoms with Gasteiger partial charge in [0.1, 0.15) is 5.76 Å². The molecule has 0 amide bonds. The summed E-state index contributed by atoms with van der Waals surface area (Å²) in [7, 11) is 0. The summed E-state index contributed by atoms with van der Waals surface area (Å²) in [6, 6.07) is 5.81. The second-order valence-electron chi connectivity index (χ2n) is 3.26. The summed E-state index contributed by atoms with van der Waals surface area (Å²) in [6.45, 7) is 3.86. The van der Waals surface area contributed by atoms with Gasteiger partial charge in [0.25, 0.3) is 0 Å². The van der Waals surface area contributed by atoms with Crippen molar-refractivity contribution >= 4 is 11.6 Å². The maximum atomic E-state index is 6.07. The number of aromatic nitrogens is 1. The standard InChI is InChI=1S/C11H10ClNO/c1-7-3-4-9(10(12)5-7)11-13-6-8(2)14-11/h3-6H,1-2H3. The zero-order valence-corrected chi connectivity index (χ0v) is 8.80. The predicted molar refractivity (Wildman–Crippen MR) is 56.4 cm³/mol. The Morgan fingerprint density at radius 2 is 2.07 bits per heavy atom. The Bertz CT molecular complexity index is 462. The van der Waals surface area contributed by atoms with Crippen LogP contribution in [0.25, 0.3) is 11.5 Å². The molecule has 3 heteroatoms. The highest BCUT2D eigenvalue weighted by Crippen LogP contribution is 2.27. The van der Waals surface area contributed by atoms with Gasteiger partial charge in [0.15, 0.2) is 0 Å². The van der Waals surface area contributed by atoms with E-state index in [1.165, 1.54) is 0 Å². The van der Waals surface area contributed by atoms with Crippen LogP contribution in [0.15, 0.2) is 28.8 Å². The van der Waals surface area contributed by atoms with Gasteiger partial charge in [0, 0.05) is 0 Å². The largest absolute Gasteiger partial charge is 0.441 e. The Balaban J connectivity index is 2.52. The van der Waals surface area contributed by atoms with Crippen LogP contribution in [0.1, 0.15) is 11.3 Å². The van der Waals surface area contributed by atoms with Gasteiger partial charge in [-0.05, 0) is 31.5 Å². The van der Waals surface area contributed by atoms with Gasteiger partial charge in [-0.1, -0.05) is 17.7 Å². The predicted octanol–water partition coefficient (Wildman–Crippen LogP) is 3.61. The quantitative estimate of drug-likeness (QED) is 0.714. The third kappa shape index (κ3) is 1.66. The smallest absolute Gasteiger partial charge is 0.227 e. The molecule has 0 saturated heterocycles. The number of halogens is 1. The first-order valence-corrected chi connectivity index (χ1v) is 4.73. The summed E-state index contributed by atoms with van der Waals surface area (Å²) in [5, 5.41) is 0.673. The molecule has 0 spiro atoms. The van der Waals surface area contributed by atoms with Crippen molar-refractivity contribution in [3.63, 3.8) is 0 Å². The van der Waals surface area contributed by atoms with Crippen molar-refractivity contribution < 1.29 is 4.42 Å². The molecule has 0 radical (unpaired) electrons. The molecule has 0 aliphatic carbocycles. The SMILES string of the molecule is Cc1ccc(-c2ncc(C)o2)c(Cl)c1. The number of aryl methyl sites for hydroxylation is 2. The van der Waals surface area contributed by atoms with Crippen LogP contribution in [0.5, 0.6) is 0 Å². The molecule has 0 unspecified atom stereocenters. The van der Waals surface area contributed by atoms with E-state index in [9.17, 15) is 0 Å². The van der Waals surface area contributed by atoms with E-state index >= 15 is 0 Å². The van der Waals surface area contributed by atoms with Crippen molar-refractivity contribution in [2.24, 2.45) is 0 Å². The fourth-order valence-electron chi connectivity index (χ4n) is 1.27. The average molecular weight is 208 g/mol. The van der Waals surface area contributed by atoms with Gasteiger partial charge in [-0.3, -0.25) is 0 Å². The summed E-state index contributed by atoms with van der Waals surface area (Å²) in [4.78, 5) is 4.13. The van der Waals surface area contributed by atoms with Gasteiger partial charge in [0.05, 0.1) is 16.8 Å². The molecule has 72 valence electrons. The maximum Gasteiger partial charge on any atom is 0.227 e. The van der Waals surface area contributed by atoms with Crippen LogP contribution < -0.4 is 0 Å². The molecule has 0 fully saturated rings. The van der Waals surface area contributed by atoms with Gasteiger partial charge in [-0.15, -0.1) is 0 Å². The lowest BCUT2D eigenvalue weighted by Crippen LogP contribution is -1.80. The molecule has 2 aromatic rings. The van der Waals surface area contributed by atoms with Crippen molar-refractivity contribution in [1.82, 2.24) is 4.98 Å². The van der Waals surface area contributed by atoms with Crippen LogP contribution in [0.2, 0.25) is 5.02 Å². The van der Waals surface area contributed by atoms with E-state index in [0.717, 1.165) is 16.9 Å². The lowest BCUT2D eigenvalue weighted by Gasteiger charge is -2.00.